The molecule has 0 aromatic heterocycles. The first kappa shape index (κ1) is 15.3. The lowest BCUT2D eigenvalue weighted by atomic mass is 9.65. The zero-order chi connectivity index (χ0) is 14.3. The van der Waals surface area contributed by atoms with Crippen LogP contribution in [0.2, 0.25) is 0 Å². The van der Waals surface area contributed by atoms with Gasteiger partial charge in [0.2, 0.25) is 0 Å². The molecule has 0 bridgehead atoms. The standard InChI is InChI=1S/C17H32O2/c1-12-6-7-14(15(18)10-12)16(2,3)11-13-8-9-17(4,5)19-13/h12-15,18H,6-11H2,1-5H3. The molecule has 4 atom stereocenters. The maximum atomic E-state index is 10.4. The van der Waals surface area contributed by atoms with E-state index in [1.807, 2.05) is 0 Å². The van der Waals surface area contributed by atoms with Crippen LogP contribution in [0, 0.1) is 17.3 Å². The second-order valence-corrected chi connectivity index (χ2v) is 8.32. The fraction of sp³-hybridized carbons (Fsp3) is 1.00. The summed E-state index contributed by atoms with van der Waals surface area (Å²) in [5.41, 5.74) is 0.241. The summed E-state index contributed by atoms with van der Waals surface area (Å²) in [6.45, 7) is 11.3. The van der Waals surface area contributed by atoms with Gasteiger partial charge in [0, 0.05) is 0 Å². The summed E-state index contributed by atoms with van der Waals surface area (Å²) in [6, 6.07) is 0. The molecule has 1 heterocycles. The molecular formula is C17H32O2. The minimum Gasteiger partial charge on any atom is -0.393 e. The second-order valence-electron chi connectivity index (χ2n) is 8.32. The highest BCUT2D eigenvalue weighted by atomic mass is 16.5. The normalized spacial score (nSPS) is 39.5. The van der Waals surface area contributed by atoms with Crippen molar-refractivity contribution in [1.82, 2.24) is 0 Å². The fourth-order valence-electron chi connectivity index (χ4n) is 4.22. The van der Waals surface area contributed by atoms with Crippen LogP contribution >= 0.6 is 0 Å². The van der Waals surface area contributed by atoms with Crippen LogP contribution in [-0.4, -0.2) is 22.9 Å². The number of hydrogen-bond donors (Lipinski definition) is 1. The molecule has 112 valence electrons. The summed E-state index contributed by atoms with van der Waals surface area (Å²) in [7, 11) is 0. The third-order valence-corrected chi connectivity index (χ3v) is 5.39. The Labute approximate surface area is 118 Å². The molecule has 1 saturated heterocycles. The van der Waals surface area contributed by atoms with Crippen molar-refractivity contribution in [2.45, 2.75) is 91.0 Å². The van der Waals surface area contributed by atoms with Gasteiger partial charge in [0.1, 0.15) is 0 Å². The Morgan fingerprint density at radius 3 is 2.42 bits per heavy atom. The van der Waals surface area contributed by atoms with Crippen molar-refractivity contribution in [3.63, 3.8) is 0 Å². The smallest absolute Gasteiger partial charge is 0.0631 e. The Bertz CT molecular complexity index is 308. The molecule has 1 saturated carbocycles. The van der Waals surface area contributed by atoms with Gasteiger partial charge in [-0.15, -0.1) is 0 Å². The van der Waals surface area contributed by atoms with E-state index in [9.17, 15) is 5.11 Å². The number of hydrogen-bond acceptors (Lipinski definition) is 2. The molecule has 0 amide bonds. The van der Waals surface area contributed by atoms with Gasteiger partial charge in [-0.05, 0) is 63.2 Å². The van der Waals surface area contributed by atoms with Crippen molar-refractivity contribution < 1.29 is 9.84 Å². The minimum absolute atomic E-state index is 0.0560. The largest absolute Gasteiger partial charge is 0.393 e. The van der Waals surface area contributed by atoms with Gasteiger partial charge >= 0.3 is 0 Å². The number of ether oxygens (including phenoxy) is 1. The van der Waals surface area contributed by atoms with Gasteiger partial charge in [0.25, 0.3) is 0 Å². The average Bonchev–Trinajstić information content (AvgIpc) is 2.56. The molecule has 2 rings (SSSR count). The minimum atomic E-state index is -0.117. The molecule has 0 spiro atoms. The van der Waals surface area contributed by atoms with Crippen molar-refractivity contribution in [3.05, 3.63) is 0 Å². The third kappa shape index (κ3) is 3.72. The first-order valence-corrected chi connectivity index (χ1v) is 8.05. The molecule has 2 nitrogen and oxygen atoms in total. The van der Waals surface area contributed by atoms with Crippen molar-refractivity contribution in [1.29, 1.82) is 0 Å². The van der Waals surface area contributed by atoms with Gasteiger partial charge in [-0.2, -0.15) is 0 Å². The van der Waals surface area contributed by atoms with Crippen LogP contribution in [0.25, 0.3) is 0 Å². The quantitative estimate of drug-likeness (QED) is 0.833. The molecular weight excluding hydrogens is 236 g/mol. The first-order valence-electron chi connectivity index (χ1n) is 8.05. The van der Waals surface area contributed by atoms with Crippen LogP contribution in [0.1, 0.15) is 73.1 Å². The maximum absolute atomic E-state index is 10.4. The van der Waals surface area contributed by atoms with Crippen LogP contribution in [0.3, 0.4) is 0 Å². The van der Waals surface area contributed by atoms with Crippen molar-refractivity contribution in [2.24, 2.45) is 17.3 Å². The van der Waals surface area contributed by atoms with E-state index >= 15 is 0 Å². The van der Waals surface area contributed by atoms with E-state index in [1.165, 1.54) is 19.3 Å². The third-order valence-electron chi connectivity index (χ3n) is 5.39. The van der Waals surface area contributed by atoms with E-state index in [0.29, 0.717) is 17.9 Å². The Hall–Kier alpha value is -0.0800. The van der Waals surface area contributed by atoms with E-state index in [2.05, 4.69) is 34.6 Å². The van der Waals surface area contributed by atoms with Gasteiger partial charge in [-0.1, -0.05) is 27.2 Å². The summed E-state index contributed by atoms with van der Waals surface area (Å²) in [4.78, 5) is 0. The second kappa shape index (κ2) is 5.37. The number of aliphatic hydroxyl groups excluding tert-OH is 1. The van der Waals surface area contributed by atoms with Crippen molar-refractivity contribution >= 4 is 0 Å². The molecule has 1 N–H and O–H groups in total. The molecule has 1 aliphatic carbocycles. The molecule has 1 aliphatic heterocycles. The van der Waals surface area contributed by atoms with E-state index in [-0.39, 0.29) is 17.1 Å². The molecule has 0 radical (unpaired) electrons. The lowest BCUT2D eigenvalue weighted by molar-refractivity contribution is -0.0644. The summed E-state index contributed by atoms with van der Waals surface area (Å²) >= 11 is 0. The molecule has 0 aromatic rings. The summed E-state index contributed by atoms with van der Waals surface area (Å²) in [6.07, 6.45) is 7.11. The van der Waals surface area contributed by atoms with Crippen LogP contribution in [0.5, 0.6) is 0 Å². The van der Waals surface area contributed by atoms with Gasteiger partial charge < -0.3 is 9.84 Å². The number of rotatable bonds is 3. The zero-order valence-corrected chi connectivity index (χ0v) is 13.4. The van der Waals surface area contributed by atoms with Crippen LogP contribution in [0.15, 0.2) is 0 Å². The van der Waals surface area contributed by atoms with Crippen LogP contribution in [-0.2, 0) is 4.74 Å². The molecule has 19 heavy (non-hydrogen) atoms. The van der Waals surface area contributed by atoms with E-state index in [0.717, 1.165) is 19.3 Å². The lowest BCUT2D eigenvalue weighted by Gasteiger charge is -2.43. The van der Waals surface area contributed by atoms with Gasteiger partial charge in [0.15, 0.2) is 0 Å². The topological polar surface area (TPSA) is 29.5 Å². The number of aliphatic hydroxyl groups is 1. The summed E-state index contributed by atoms with van der Waals surface area (Å²) < 4.78 is 6.15. The monoisotopic (exact) mass is 268 g/mol. The highest BCUT2D eigenvalue weighted by Gasteiger charge is 2.42. The van der Waals surface area contributed by atoms with Crippen molar-refractivity contribution in [2.75, 3.05) is 0 Å². The Morgan fingerprint density at radius 2 is 1.89 bits per heavy atom. The molecule has 2 aliphatic rings. The molecule has 2 fully saturated rings. The Balaban J connectivity index is 1.94. The predicted octanol–water partition coefficient (Wildman–Crippen LogP) is 4.16. The highest BCUT2D eigenvalue weighted by Crippen LogP contribution is 2.45. The van der Waals surface area contributed by atoms with Gasteiger partial charge in [-0.25, -0.2) is 0 Å². The maximum Gasteiger partial charge on any atom is 0.0631 e. The molecule has 4 unspecified atom stereocenters. The summed E-state index contributed by atoms with van der Waals surface area (Å²) in [5, 5.41) is 10.4. The first-order chi connectivity index (χ1) is 8.70. The van der Waals surface area contributed by atoms with Crippen LogP contribution in [0.4, 0.5) is 0 Å². The average molecular weight is 268 g/mol. The van der Waals surface area contributed by atoms with Gasteiger partial charge in [0.05, 0.1) is 17.8 Å². The fourth-order valence-corrected chi connectivity index (χ4v) is 4.22. The van der Waals surface area contributed by atoms with E-state index in [4.69, 9.17) is 4.74 Å². The highest BCUT2D eigenvalue weighted by molar-refractivity contribution is 4.92. The SMILES string of the molecule is CC1CCC(C(C)(C)CC2CCC(C)(C)O2)C(O)C1. The van der Waals surface area contributed by atoms with Gasteiger partial charge in [-0.3, -0.25) is 0 Å². The lowest BCUT2D eigenvalue weighted by Crippen LogP contribution is -2.40. The Morgan fingerprint density at radius 1 is 1.21 bits per heavy atom. The molecule has 0 aromatic carbocycles. The van der Waals surface area contributed by atoms with Crippen LogP contribution < -0.4 is 0 Å². The Kier molecular flexibility index (Phi) is 4.32. The molecule has 2 heteroatoms. The predicted molar refractivity (Wildman–Crippen MR) is 79.1 cm³/mol. The van der Waals surface area contributed by atoms with E-state index < -0.39 is 0 Å². The van der Waals surface area contributed by atoms with Crippen molar-refractivity contribution in [3.8, 4) is 0 Å². The van der Waals surface area contributed by atoms with E-state index in [1.54, 1.807) is 0 Å². The summed E-state index contributed by atoms with van der Waals surface area (Å²) in [5.74, 6) is 1.12. The zero-order valence-electron chi connectivity index (χ0n) is 13.4.